The number of hydrogen-bond acceptors (Lipinski definition) is 10. The Hall–Kier alpha value is -2.20. The number of methoxy groups -OCH3 is 1. The van der Waals surface area contributed by atoms with Crippen LogP contribution in [0.5, 0.6) is 0 Å². The summed E-state index contributed by atoms with van der Waals surface area (Å²) in [5, 5.41) is 0. The van der Waals surface area contributed by atoms with Crippen molar-refractivity contribution in [2.75, 3.05) is 13.7 Å². The fourth-order valence-corrected chi connectivity index (χ4v) is 2.38. The molecule has 1 aliphatic heterocycles. The van der Waals surface area contributed by atoms with E-state index in [1.807, 2.05) is 0 Å². The number of ether oxygens (including phenoxy) is 6. The molecule has 0 aromatic rings. The summed E-state index contributed by atoms with van der Waals surface area (Å²) in [4.78, 5) is 45.4. The lowest BCUT2D eigenvalue weighted by molar-refractivity contribution is -0.302. The average Bonchev–Trinajstić information content (AvgIpc) is 2.48. The molecule has 25 heavy (non-hydrogen) atoms. The van der Waals surface area contributed by atoms with Crippen LogP contribution < -0.4 is 0 Å². The van der Waals surface area contributed by atoms with Gasteiger partial charge in [-0.3, -0.25) is 19.2 Å². The first kappa shape index (κ1) is 20.8. The van der Waals surface area contributed by atoms with E-state index in [-0.39, 0.29) is 6.61 Å². The summed E-state index contributed by atoms with van der Waals surface area (Å²) in [6.45, 7) is 4.37. The quantitative estimate of drug-likeness (QED) is 0.460. The summed E-state index contributed by atoms with van der Waals surface area (Å²) in [6.07, 6.45) is -5.67. The molecule has 142 valence electrons. The first-order chi connectivity index (χ1) is 11.6. The Labute approximate surface area is 144 Å². The fourth-order valence-electron chi connectivity index (χ4n) is 2.38. The molecule has 0 spiro atoms. The van der Waals surface area contributed by atoms with Crippen LogP contribution in [0.2, 0.25) is 0 Å². The Morgan fingerprint density at radius 2 is 1.24 bits per heavy atom. The number of rotatable bonds is 6. The van der Waals surface area contributed by atoms with E-state index in [9.17, 15) is 19.2 Å². The lowest BCUT2D eigenvalue weighted by atomic mass is 9.98. The van der Waals surface area contributed by atoms with Gasteiger partial charge in [-0.1, -0.05) is 0 Å². The third-order valence-corrected chi connectivity index (χ3v) is 3.18. The molecule has 10 nitrogen and oxygen atoms in total. The first-order valence-electron chi connectivity index (χ1n) is 7.49. The predicted molar refractivity (Wildman–Crippen MR) is 79.0 cm³/mol. The van der Waals surface area contributed by atoms with Gasteiger partial charge >= 0.3 is 23.9 Å². The zero-order valence-electron chi connectivity index (χ0n) is 14.7. The van der Waals surface area contributed by atoms with E-state index in [0.29, 0.717) is 0 Å². The Morgan fingerprint density at radius 3 is 1.68 bits per heavy atom. The molecule has 0 aliphatic carbocycles. The Bertz CT molecular complexity index is 516. The summed E-state index contributed by atoms with van der Waals surface area (Å²) >= 11 is 0. The van der Waals surface area contributed by atoms with Crippen molar-refractivity contribution in [3.63, 3.8) is 0 Å². The number of hydrogen-bond donors (Lipinski definition) is 0. The maximum atomic E-state index is 11.5. The molecular formula is C15H22O10. The van der Waals surface area contributed by atoms with Crippen LogP contribution in [-0.2, 0) is 47.6 Å². The number of carbonyl (C=O) groups is 4. The van der Waals surface area contributed by atoms with Crippen molar-refractivity contribution in [3.05, 3.63) is 0 Å². The molecule has 1 rings (SSSR count). The van der Waals surface area contributed by atoms with E-state index < -0.39 is 54.6 Å². The third-order valence-electron chi connectivity index (χ3n) is 3.18. The normalized spacial score (nSPS) is 28.6. The summed E-state index contributed by atoms with van der Waals surface area (Å²) in [5.41, 5.74) is 0. The summed E-state index contributed by atoms with van der Waals surface area (Å²) in [5.74, 6) is -2.63. The second-order valence-electron chi connectivity index (χ2n) is 5.30. The van der Waals surface area contributed by atoms with Gasteiger partial charge < -0.3 is 28.4 Å². The van der Waals surface area contributed by atoms with E-state index in [2.05, 4.69) is 0 Å². The molecule has 5 atom stereocenters. The Morgan fingerprint density at radius 1 is 0.760 bits per heavy atom. The van der Waals surface area contributed by atoms with Crippen molar-refractivity contribution >= 4 is 23.9 Å². The minimum Gasteiger partial charge on any atom is -0.463 e. The standard InChI is InChI=1S/C15H22O10/c1-7(16)21-6-11-12(22-8(2)17)13(23-9(3)18)14(24-10(4)19)15(20-5)25-11/h11-15H,6H2,1-5H3/t11?,12-,13+,14-,15?/m1/s1. The van der Waals surface area contributed by atoms with Crippen LogP contribution in [0.15, 0.2) is 0 Å². The zero-order chi connectivity index (χ0) is 19.1. The molecule has 0 aromatic carbocycles. The van der Waals surface area contributed by atoms with Gasteiger partial charge in [0.15, 0.2) is 24.6 Å². The van der Waals surface area contributed by atoms with Gasteiger partial charge in [0, 0.05) is 34.8 Å². The highest BCUT2D eigenvalue weighted by Crippen LogP contribution is 2.29. The molecule has 0 amide bonds. The van der Waals surface area contributed by atoms with Crippen LogP contribution in [0.1, 0.15) is 27.7 Å². The van der Waals surface area contributed by atoms with Gasteiger partial charge in [-0.2, -0.15) is 0 Å². The van der Waals surface area contributed by atoms with Crippen molar-refractivity contribution in [1.82, 2.24) is 0 Å². The van der Waals surface area contributed by atoms with Crippen LogP contribution >= 0.6 is 0 Å². The first-order valence-corrected chi connectivity index (χ1v) is 7.49. The van der Waals surface area contributed by atoms with Gasteiger partial charge in [-0.25, -0.2) is 0 Å². The molecule has 1 heterocycles. The SMILES string of the molecule is COC1OC(COC(C)=O)[C@@H](OC(C)=O)[C@H](OC(C)=O)[C@H]1OC(C)=O. The minimum absolute atomic E-state index is 0.280. The van der Waals surface area contributed by atoms with Gasteiger partial charge in [-0.15, -0.1) is 0 Å². The molecule has 0 aromatic heterocycles. The molecule has 0 N–H and O–H groups in total. The summed E-state index contributed by atoms with van der Waals surface area (Å²) in [6, 6.07) is 0. The van der Waals surface area contributed by atoms with E-state index in [1.165, 1.54) is 14.0 Å². The van der Waals surface area contributed by atoms with E-state index in [4.69, 9.17) is 28.4 Å². The lowest BCUT2D eigenvalue weighted by Gasteiger charge is -2.43. The zero-order valence-corrected chi connectivity index (χ0v) is 14.7. The van der Waals surface area contributed by atoms with Gasteiger partial charge in [0.2, 0.25) is 0 Å². The van der Waals surface area contributed by atoms with Crippen molar-refractivity contribution in [2.45, 2.75) is 58.4 Å². The highest BCUT2D eigenvalue weighted by molar-refractivity contribution is 5.68. The molecule has 1 fully saturated rings. The molecule has 1 aliphatic rings. The van der Waals surface area contributed by atoms with Crippen LogP contribution in [0.3, 0.4) is 0 Å². The molecular weight excluding hydrogens is 340 g/mol. The maximum Gasteiger partial charge on any atom is 0.303 e. The third kappa shape index (κ3) is 6.31. The molecule has 0 radical (unpaired) electrons. The second-order valence-corrected chi connectivity index (χ2v) is 5.30. The smallest absolute Gasteiger partial charge is 0.303 e. The predicted octanol–water partition coefficient (Wildman–Crippen LogP) is -0.284. The highest BCUT2D eigenvalue weighted by Gasteiger charge is 2.52. The lowest BCUT2D eigenvalue weighted by Crippen LogP contribution is -2.62. The van der Waals surface area contributed by atoms with E-state index >= 15 is 0 Å². The van der Waals surface area contributed by atoms with Crippen molar-refractivity contribution in [3.8, 4) is 0 Å². The monoisotopic (exact) mass is 362 g/mol. The van der Waals surface area contributed by atoms with Gasteiger partial charge in [0.1, 0.15) is 12.7 Å². The second kappa shape index (κ2) is 9.33. The molecule has 1 saturated heterocycles. The maximum absolute atomic E-state index is 11.5. The van der Waals surface area contributed by atoms with Crippen molar-refractivity contribution in [2.24, 2.45) is 0 Å². The molecule has 10 heteroatoms. The topological polar surface area (TPSA) is 124 Å². The van der Waals surface area contributed by atoms with E-state index in [1.54, 1.807) is 0 Å². The van der Waals surface area contributed by atoms with Crippen LogP contribution in [0.25, 0.3) is 0 Å². The number of esters is 4. The van der Waals surface area contributed by atoms with Gasteiger partial charge in [0.25, 0.3) is 0 Å². The minimum atomic E-state index is -1.20. The highest BCUT2D eigenvalue weighted by atomic mass is 16.7. The molecule has 2 unspecified atom stereocenters. The van der Waals surface area contributed by atoms with E-state index in [0.717, 1.165) is 20.8 Å². The van der Waals surface area contributed by atoms with Crippen molar-refractivity contribution in [1.29, 1.82) is 0 Å². The molecule has 0 bridgehead atoms. The Balaban J connectivity index is 3.18. The van der Waals surface area contributed by atoms with Crippen LogP contribution in [-0.4, -0.2) is 68.3 Å². The number of carbonyl (C=O) groups excluding carboxylic acids is 4. The molecule has 0 saturated carbocycles. The van der Waals surface area contributed by atoms with Crippen LogP contribution in [0, 0.1) is 0 Å². The summed E-state index contributed by atoms with van der Waals surface area (Å²) in [7, 11) is 1.29. The fraction of sp³-hybridized carbons (Fsp3) is 0.733. The summed E-state index contributed by atoms with van der Waals surface area (Å²) < 4.78 is 31.1. The largest absolute Gasteiger partial charge is 0.463 e. The van der Waals surface area contributed by atoms with Gasteiger partial charge in [-0.05, 0) is 0 Å². The van der Waals surface area contributed by atoms with Gasteiger partial charge in [0.05, 0.1) is 0 Å². The van der Waals surface area contributed by atoms with Crippen molar-refractivity contribution < 1.29 is 47.6 Å². The average molecular weight is 362 g/mol. The Kier molecular flexibility index (Phi) is 7.78. The van der Waals surface area contributed by atoms with Crippen LogP contribution in [0.4, 0.5) is 0 Å².